The molecule has 1 amide bonds. The maximum absolute atomic E-state index is 13.1. The molecule has 1 heterocycles. The molecule has 2 aromatic rings. The Morgan fingerprint density at radius 1 is 1.15 bits per heavy atom. The summed E-state index contributed by atoms with van der Waals surface area (Å²) in [5.74, 6) is -1.10. The van der Waals surface area contributed by atoms with Crippen LogP contribution in [0.4, 0.5) is 0 Å². The van der Waals surface area contributed by atoms with Crippen molar-refractivity contribution in [2.24, 2.45) is 0 Å². The predicted octanol–water partition coefficient (Wildman–Crippen LogP) is 5.26. The SMILES string of the molecule is CCOc1ccc(/C(O)=C2\C(=O)C(=O)N(CCN(CC)CC)C2c2cccc(Br)c2)cc1Cl. The number of ether oxygens (including phenoxy) is 1. The molecular weight excluding hydrogens is 508 g/mol. The van der Waals surface area contributed by atoms with Crippen molar-refractivity contribution < 1.29 is 19.4 Å². The van der Waals surface area contributed by atoms with Crippen LogP contribution in [-0.2, 0) is 9.59 Å². The van der Waals surface area contributed by atoms with Gasteiger partial charge in [-0.1, -0.05) is 53.5 Å². The first-order valence-corrected chi connectivity index (χ1v) is 12.2. The molecule has 176 valence electrons. The lowest BCUT2D eigenvalue weighted by Gasteiger charge is -2.28. The summed E-state index contributed by atoms with van der Waals surface area (Å²) in [5, 5.41) is 11.5. The summed E-state index contributed by atoms with van der Waals surface area (Å²) in [5.41, 5.74) is 1.14. The van der Waals surface area contributed by atoms with Gasteiger partial charge in [-0.25, -0.2) is 0 Å². The minimum absolute atomic E-state index is 0.0536. The first-order chi connectivity index (χ1) is 15.8. The van der Waals surface area contributed by atoms with Crippen molar-refractivity contribution in [2.45, 2.75) is 26.8 Å². The van der Waals surface area contributed by atoms with Gasteiger partial charge in [-0.15, -0.1) is 0 Å². The fourth-order valence-corrected chi connectivity index (χ4v) is 4.65. The summed E-state index contributed by atoms with van der Waals surface area (Å²) < 4.78 is 6.28. The van der Waals surface area contributed by atoms with Crippen molar-refractivity contribution in [3.63, 3.8) is 0 Å². The zero-order valence-corrected chi connectivity index (χ0v) is 21.3. The van der Waals surface area contributed by atoms with E-state index in [1.54, 1.807) is 23.1 Å². The van der Waals surface area contributed by atoms with Gasteiger partial charge in [0.25, 0.3) is 11.7 Å². The summed E-state index contributed by atoms with van der Waals surface area (Å²) in [6, 6.07) is 11.5. The highest BCUT2D eigenvalue weighted by Gasteiger charge is 2.46. The van der Waals surface area contributed by atoms with Gasteiger partial charge in [-0.2, -0.15) is 0 Å². The molecule has 0 radical (unpaired) electrons. The zero-order chi connectivity index (χ0) is 24.1. The van der Waals surface area contributed by atoms with Gasteiger partial charge in [-0.3, -0.25) is 9.59 Å². The van der Waals surface area contributed by atoms with Gasteiger partial charge in [0.15, 0.2) is 0 Å². The number of nitrogens with zero attached hydrogens (tertiary/aromatic N) is 2. The molecule has 1 saturated heterocycles. The molecule has 0 aromatic heterocycles. The van der Waals surface area contributed by atoms with Crippen LogP contribution in [0, 0.1) is 0 Å². The smallest absolute Gasteiger partial charge is 0.295 e. The average molecular weight is 536 g/mol. The summed E-state index contributed by atoms with van der Waals surface area (Å²) in [7, 11) is 0. The van der Waals surface area contributed by atoms with E-state index in [1.165, 1.54) is 0 Å². The third-order valence-corrected chi connectivity index (χ3v) is 6.55. The van der Waals surface area contributed by atoms with E-state index in [1.807, 2.05) is 31.2 Å². The number of hydrogen-bond acceptors (Lipinski definition) is 5. The molecule has 6 nitrogen and oxygen atoms in total. The Kier molecular flexibility index (Phi) is 8.57. The Balaban J connectivity index is 2.10. The van der Waals surface area contributed by atoms with Crippen molar-refractivity contribution >= 4 is 45.0 Å². The maximum atomic E-state index is 13.1. The number of Topliss-reactive ketones (excluding diaryl/α,β-unsaturated/α-hetero) is 1. The van der Waals surface area contributed by atoms with Crippen molar-refractivity contribution in [1.82, 2.24) is 9.80 Å². The summed E-state index contributed by atoms with van der Waals surface area (Å²) in [6.07, 6.45) is 0. The van der Waals surface area contributed by atoms with Crippen LogP contribution >= 0.6 is 27.5 Å². The second kappa shape index (κ2) is 11.2. The van der Waals surface area contributed by atoms with E-state index in [4.69, 9.17) is 16.3 Å². The van der Waals surface area contributed by atoms with E-state index in [0.29, 0.717) is 36.0 Å². The highest BCUT2D eigenvalue weighted by Crippen LogP contribution is 2.40. The van der Waals surface area contributed by atoms with E-state index in [2.05, 4.69) is 34.7 Å². The van der Waals surface area contributed by atoms with E-state index >= 15 is 0 Å². The highest BCUT2D eigenvalue weighted by molar-refractivity contribution is 9.10. The molecule has 2 aromatic carbocycles. The van der Waals surface area contributed by atoms with Crippen LogP contribution in [0.1, 0.15) is 37.9 Å². The van der Waals surface area contributed by atoms with Crippen LogP contribution in [0.25, 0.3) is 5.76 Å². The van der Waals surface area contributed by atoms with E-state index in [-0.39, 0.29) is 11.3 Å². The van der Waals surface area contributed by atoms with Crippen molar-refractivity contribution in [1.29, 1.82) is 0 Å². The standard InChI is InChI=1S/C25H28BrClN2O4/c1-4-28(5-2)12-13-29-22(16-8-7-9-18(26)14-16)21(24(31)25(29)32)23(30)17-10-11-20(33-6-3)19(27)15-17/h7-11,14-15,22,30H,4-6,12-13H2,1-3H3/b23-21+. The predicted molar refractivity (Wildman–Crippen MR) is 134 cm³/mol. The molecule has 0 bridgehead atoms. The molecule has 1 fully saturated rings. The van der Waals surface area contributed by atoms with Gasteiger partial charge >= 0.3 is 0 Å². The number of aliphatic hydroxyl groups is 1. The van der Waals surface area contributed by atoms with Crippen molar-refractivity contribution in [3.05, 3.63) is 68.7 Å². The van der Waals surface area contributed by atoms with Gasteiger partial charge in [0.1, 0.15) is 11.5 Å². The molecular formula is C25H28BrClN2O4. The molecule has 8 heteroatoms. The Labute approximate surface area is 207 Å². The van der Waals surface area contributed by atoms with Gasteiger partial charge in [0.05, 0.1) is 23.2 Å². The first kappa shape index (κ1) is 25.3. The van der Waals surface area contributed by atoms with Crippen LogP contribution in [0.15, 0.2) is 52.5 Å². The first-order valence-electron chi connectivity index (χ1n) is 11.0. The third-order valence-electron chi connectivity index (χ3n) is 5.76. The number of halogens is 2. The van der Waals surface area contributed by atoms with Gasteiger partial charge < -0.3 is 19.6 Å². The molecule has 1 aliphatic rings. The van der Waals surface area contributed by atoms with E-state index < -0.39 is 17.7 Å². The number of hydrogen-bond donors (Lipinski definition) is 1. The fourth-order valence-electron chi connectivity index (χ4n) is 4.00. The zero-order valence-electron chi connectivity index (χ0n) is 19.0. The number of rotatable bonds is 9. The number of benzene rings is 2. The monoisotopic (exact) mass is 534 g/mol. The van der Waals surface area contributed by atoms with Gasteiger partial charge in [-0.05, 0) is 55.9 Å². The molecule has 0 saturated carbocycles. The minimum atomic E-state index is -0.706. The van der Waals surface area contributed by atoms with Crippen LogP contribution < -0.4 is 4.74 Å². The molecule has 0 spiro atoms. The molecule has 1 atom stereocenters. The number of likely N-dealkylation sites (tertiary alicyclic amines) is 1. The third kappa shape index (κ3) is 5.42. The Morgan fingerprint density at radius 2 is 1.88 bits per heavy atom. The lowest BCUT2D eigenvalue weighted by Crippen LogP contribution is -2.38. The number of carbonyl (C=O) groups excluding carboxylic acids is 2. The topological polar surface area (TPSA) is 70.1 Å². The highest BCUT2D eigenvalue weighted by atomic mass is 79.9. The fraction of sp³-hybridized carbons (Fsp3) is 0.360. The average Bonchev–Trinajstić information content (AvgIpc) is 3.05. The largest absolute Gasteiger partial charge is 0.507 e. The van der Waals surface area contributed by atoms with Crippen LogP contribution in [-0.4, -0.2) is 59.4 Å². The van der Waals surface area contributed by atoms with E-state index in [0.717, 1.165) is 23.1 Å². The number of likely N-dealkylation sites (N-methyl/N-ethyl adjacent to an activating group) is 1. The molecule has 0 aliphatic carbocycles. The van der Waals surface area contributed by atoms with Crippen molar-refractivity contribution in [2.75, 3.05) is 32.8 Å². The normalized spacial score (nSPS) is 17.8. The van der Waals surface area contributed by atoms with Crippen LogP contribution in [0.3, 0.4) is 0 Å². The molecule has 1 unspecified atom stereocenters. The van der Waals surface area contributed by atoms with Crippen molar-refractivity contribution in [3.8, 4) is 5.75 Å². The minimum Gasteiger partial charge on any atom is -0.507 e. The lowest BCUT2D eigenvalue weighted by atomic mass is 9.95. The second-order valence-electron chi connectivity index (χ2n) is 7.65. The number of amides is 1. The maximum Gasteiger partial charge on any atom is 0.295 e. The number of aliphatic hydroxyl groups excluding tert-OH is 1. The second-order valence-corrected chi connectivity index (χ2v) is 8.98. The number of ketones is 1. The Morgan fingerprint density at radius 3 is 2.48 bits per heavy atom. The summed E-state index contributed by atoms with van der Waals surface area (Å²) >= 11 is 9.78. The van der Waals surface area contributed by atoms with Crippen LogP contribution in [0.2, 0.25) is 5.02 Å². The summed E-state index contributed by atoms with van der Waals surface area (Å²) in [4.78, 5) is 29.9. The Bertz CT molecular complexity index is 1070. The molecule has 1 N–H and O–H groups in total. The summed E-state index contributed by atoms with van der Waals surface area (Å²) in [6.45, 7) is 9.08. The van der Waals surface area contributed by atoms with Gasteiger partial charge in [0, 0.05) is 23.1 Å². The van der Waals surface area contributed by atoms with E-state index in [9.17, 15) is 14.7 Å². The van der Waals surface area contributed by atoms with Crippen LogP contribution in [0.5, 0.6) is 5.75 Å². The lowest BCUT2D eigenvalue weighted by molar-refractivity contribution is -0.140. The van der Waals surface area contributed by atoms with Gasteiger partial charge in [0.2, 0.25) is 0 Å². The number of carbonyl (C=O) groups is 2. The Hall–Kier alpha value is -2.35. The molecule has 3 rings (SSSR count). The quantitative estimate of drug-likeness (QED) is 0.269. The molecule has 1 aliphatic heterocycles. The molecule has 33 heavy (non-hydrogen) atoms.